The van der Waals surface area contributed by atoms with Crippen LogP contribution in [0.3, 0.4) is 0 Å². The molecule has 0 atom stereocenters. The zero-order valence-electron chi connectivity index (χ0n) is 21.3. The van der Waals surface area contributed by atoms with Crippen molar-refractivity contribution in [2.75, 3.05) is 26.7 Å². The minimum atomic E-state index is -0.134. The lowest BCUT2D eigenvalue weighted by atomic mass is 9.89. The first-order valence-corrected chi connectivity index (χ1v) is 13.1. The Kier molecular flexibility index (Phi) is 10.2. The number of halogens is 1. The lowest BCUT2D eigenvalue weighted by molar-refractivity contribution is 0.238. The van der Waals surface area contributed by atoms with E-state index in [1.807, 2.05) is 20.0 Å². The summed E-state index contributed by atoms with van der Waals surface area (Å²) in [6.07, 6.45) is 13.0. The van der Waals surface area contributed by atoms with Crippen molar-refractivity contribution in [3.63, 3.8) is 0 Å². The molecule has 0 amide bonds. The zero-order chi connectivity index (χ0) is 23.6. The molecule has 0 aromatic heterocycles. The first-order chi connectivity index (χ1) is 15.9. The SMILES string of the molecule is CNCC(CCCC(C)C)=N/C(=C/N1CCC(Cc2ccc(F)cc2C)CC1)NC1CCC1. The van der Waals surface area contributed by atoms with E-state index in [1.54, 1.807) is 12.1 Å². The van der Waals surface area contributed by atoms with E-state index in [2.05, 4.69) is 35.6 Å². The second kappa shape index (κ2) is 13.1. The molecule has 4 nitrogen and oxygen atoms in total. The number of piperidine rings is 1. The quantitative estimate of drug-likeness (QED) is 0.390. The summed E-state index contributed by atoms with van der Waals surface area (Å²) in [6, 6.07) is 5.80. The van der Waals surface area contributed by atoms with Crippen LogP contribution in [-0.2, 0) is 6.42 Å². The Morgan fingerprint density at radius 1 is 1.21 bits per heavy atom. The summed E-state index contributed by atoms with van der Waals surface area (Å²) in [5, 5.41) is 7.03. The van der Waals surface area contributed by atoms with Crippen LogP contribution >= 0.6 is 0 Å². The Labute approximate surface area is 201 Å². The Morgan fingerprint density at radius 2 is 1.97 bits per heavy atom. The van der Waals surface area contributed by atoms with Gasteiger partial charge in [0.1, 0.15) is 11.6 Å². The number of hydrogen-bond donors (Lipinski definition) is 2. The van der Waals surface area contributed by atoms with Crippen molar-refractivity contribution in [1.82, 2.24) is 15.5 Å². The average Bonchev–Trinajstić information content (AvgIpc) is 2.73. The average molecular weight is 457 g/mol. The van der Waals surface area contributed by atoms with Gasteiger partial charge in [0.15, 0.2) is 0 Å². The Morgan fingerprint density at radius 3 is 2.58 bits per heavy atom. The van der Waals surface area contributed by atoms with Crippen LogP contribution in [0.5, 0.6) is 0 Å². The molecule has 1 aliphatic carbocycles. The molecule has 0 spiro atoms. The fourth-order valence-corrected chi connectivity index (χ4v) is 4.79. The van der Waals surface area contributed by atoms with Gasteiger partial charge in [-0.15, -0.1) is 0 Å². The summed E-state index contributed by atoms with van der Waals surface area (Å²) in [4.78, 5) is 7.56. The van der Waals surface area contributed by atoms with Crippen LogP contribution in [0.2, 0.25) is 0 Å². The zero-order valence-corrected chi connectivity index (χ0v) is 21.3. The minimum absolute atomic E-state index is 0.134. The van der Waals surface area contributed by atoms with E-state index in [0.717, 1.165) is 49.8 Å². The molecule has 0 unspecified atom stereocenters. The van der Waals surface area contributed by atoms with Crippen LogP contribution in [0.1, 0.15) is 76.3 Å². The summed E-state index contributed by atoms with van der Waals surface area (Å²) in [7, 11) is 2.01. The van der Waals surface area contributed by atoms with Gasteiger partial charge in [0.25, 0.3) is 0 Å². The first-order valence-electron chi connectivity index (χ1n) is 13.1. The molecule has 1 aromatic carbocycles. The van der Waals surface area contributed by atoms with E-state index >= 15 is 0 Å². The third-order valence-electron chi connectivity index (χ3n) is 7.13. The summed E-state index contributed by atoms with van der Waals surface area (Å²) in [5.74, 6) is 2.32. The minimum Gasteiger partial charge on any atom is -0.374 e. The highest BCUT2D eigenvalue weighted by Gasteiger charge is 2.21. The van der Waals surface area contributed by atoms with Gasteiger partial charge in [-0.05, 0) is 100 Å². The van der Waals surface area contributed by atoms with E-state index in [4.69, 9.17) is 4.99 Å². The van der Waals surface area contributed by atoms with Gasteiger partial charge in [0.05, 0.1) is 0 Å². The number of rotatable bonds is 12. The van der Waals surface area contributed by atoms with Crippen molar-refractivity contribution in [3.05, 3.63) is 47.2 Å². The lowest BCUT2D eigenvalue weighted by Gasteiger charge is -2.33. The molecule has 1 saturated heterocycles. The van der Waals surface area contributed by atoms with E-state index < -0.39 is 0 Å². The molecular weight excluding hydrogens is 411 g/mol. The number of aliphatic imine (C=N–C) groups is 1. The Bertz CT molecular complexity index is 789. The predicted octanol–water partition coefficient (Wildman–Crippen LogP) is 5.82. The van der Waals surface area contributed by atoms with Gasteiger partial charge >= 0.3 is 0 Å². The molecule has 0 radical (unpaired) electrons. The second-order valence-electron chi connectivity index (χ2n) is 10.5. The van der Waals surface area contributed by atoms with Crippen molar-refractivity contribution in [2.45, 2.75) is 84.6 Å². The van der Waals surface area contributed by atoms with E-state index in [0.29, 0.717) is 12.0 Å². The molecular formula is C28H45FN4. The molecule has 1 saturated carbocycles. The molecule has 2 fully saturated rings. The summed E-state index contributed by atoms with van der Waals surface area (Å²) in [5.41, 5.74) is 3.62. The van der Waals surface area contributed by atoms with Crippen molar-refractivity contribution in [2.24, 2.45) is 16.8 Å². The summed E-state index contributed by atoms with van der Waals surface area (Å²) >= 11 is 0. The first kappa shape index (κ1) is 25.7. The fourth-order valence-electron chi connectivity index (χ4n) is 4.79. The van der Waals surface area contributed by atoms with Crippen LogP contribution in [0.15, 0.2) is 35.2 Å². The molecule has 0 bridgehead atoms. The van der Waals surface area contributed by atoms with Crippen molar-refractivity contribution >= 4 is 5.71 Å². The Balaban J connectivity index is 1.60. The monoisotopic (exact) mass is 456 g/mol. The molecule has 1 aliphatic heterocycles. The molecule has 2 aliphatic rings. The number of aryl methyl sites for hydroxylation is 1. The number of nitrogens with one attached hydrogen (secondary N) is 2. The Hall–Kier alpha value is -1.88. The van der Waals surface area contributed by atoms with Crippen molar-refractivity contribution < 1.29 is 4.39 Å². The summed E-state index contributed by atoms with van der Waals surface area (Å²) < 4.78 is 13.4. The number of benzene rings is 1. The van der Waals surface area contributed by atoms with Gasteiger partial charge in [-0.3, -0.25) is 0 Å². The van der Waals surface area contributed by atoms with Gasteiger partial charge in [-0.2, -0.15) is 0 Å². The molecule has 1 aromatic rings. The topological polar surface area (TPSA) is 39.7 Å². The highest BCUT2D eigenvalue weighted by Crippen LogP contribution is 2.25. The highest BCUT2D eigenvalue weighted by molar-refractivity contribution is 5.87. The number of likely N-dealkylation sites (tertiary alicyclic amines) is 1. The third kappa shape index (κ3) is 8.77. The smallest absolute Gasteiger partial charge is 0.142 e. The van der Waals surface area contributed by atoms with E-state index in [-0.39, 0.29) is 5.82 Å². The maximum absolute atomic E-state index is 13.4. The third-order valence-corrected chi connectivity index (χ3v) is 7.13. The van der Waals surface area contributed by atoms with Gasteiger partial charge in [0.2, 0.25) is 0 Å². The number of nitrogens with zero attached hydrogens (tertiary/aromatic N) is 2. The van der Waals surface area contributed by atoms with Gasteiger partial charge in [-0.25, -0.2) is 9.38 Å². The van der Waals surface area contributed by atoms with E-state index in [1.165, 1.54) is 56.2 Å². The lowest BCUT2D eigenvalue weighted by Crippen LogP contribution is -2.37. The maximum Gasteiger partial charge on any atom is 0.142 e. The summed E-state index contributed by atoms with van der Waals surface area (Å²) in [6.45, 7) is 9.58. The van der Waals surface area contributed by atoms with Gasteiger partial charge in [0, 0.05) is 37.6 Å². The molecule has 33 heavy (non-hydrogen) atoms. The standard InChI is InChI=1S/C28H45FN4/c1-21(2)7-5-10-27(19-30-4)32-28(31-26-8-6-9-26)20-33-15-13-23(14-16-33)18-24-11-12-25(29)17-22(24)3/h11-12,17,20-21,23,26,30-31H,5-10,13-16,18-19H2,1-4H3/b28-20+,32-27?. The maximum atomic E-state index is 13.4. The normalized spacial score (nSPS) is 18.7. The van der Waals surface area contributed by atoms with Gasteiger partial charge in [-0.1, -0.05) is 26.3 Å². The van der Waals surface area contributed by atoms with Crippen LogP contribution in [0.25, 0.3) is 0 Å². The largest absolute Gasteiger partial charge is 0.374 e. The molecule has 2 N–H and O–H groups in total. The van der Waals surface area contributed by atoms with Crippen molar-refractivity contribution in [1.29, 1.82) is 0 Å². The van der Waals surface area contributed by atoms with Gasteiger partial charge < -0.3 is 15.5 Å². The van der Waals surface area contributed by atoms with Crippen LogP contribution < -0.4 is 10.6 Å². The molecule has 1 heterocycles. The second-order valence-corrected chi connectivity index (χ2v) is 10.5. The molecule has 184 valence electrons. The number of hydrogen-bond acceptors (Lipinski definition) is 4. The van der Waals surface area contributed by atoms with Crippen molar-refractivity contribution in [3.8, 4) is 0 Å². The van der Waals surface area contributed by atoms with Crippen LogP contribution in [-0.4, -0.2) is 43.3 Å². The molecule has 5 heteroatoms. The van der Waals surface area contributed by atoms with Crippen LogP contribution in [0.4, 0.5) is 4.39 Å². The van der Waals surface area contributed by atoms with E-state index in [9.17, 15) is 4.39 Å². The fraction of sp³-hybridized carbons (Fsp3) is 0.679. The van der Waals surface area contributed by atoms with Crippen LogP contribution in [0, 0.1) is 24.6 Å². The highest BCUT2D eigenvalue weighted by atomic mass is 19.1. The predicted molar refractivity (Wildman–Crippen MR) is 138 cm³/mol. The molecule has 3 rings (SSSR count).